The third kappa shape index (κ3) is 4.74. The number of halogens is 1. The smallest absolute Gasteiger partial charge is 0.224 e. The number of likely N-dealkylation sites (tertiary alicyclic amines) is 1. The Bertz CT molecular complexity index is 841. The highest BCUT2D eigenvalue weighted by Gasteiger charge is 2.34. The van der Waals surface area contributed by atoms with Crippen LogP contribution in [0.5, 0.6) is 0 Å². The fourth-order valence-corrected chi connectivity index (χ4v) is 3.76. The molecule has 1 aromatic heterocycles. The van der Waals surface area contributed by atoms with Gasteiger partial charge < -0.3 is 10.2 Å². The Hall–Kier alpha value is -2.76. The van der Waals surface area contributed by atoms with Crippen LogP contribution in [0, 0.1) is 18.7 Å². The largest absolute Gasteiger partial charge is 0.355 e. The standard InChI is InChI=1S/C22H26FN3O2/c1-15-13-17(6-8-20(15)23)21-9-7-18(14-26(21)16(2)27)22(28)25-12-10-19-5-3-4-11-24-19/h3-6,8,11,13,18,21H,7,9-10,12,14H2,1-2H3,(H,25,28)/t18-,21-/m1/s1. The van der Waals surface area contributed by atoms with E-state index in [9.17, 15) is 14.0 Å². The van der Waals surface area contributed by atoms with Gasteiger partial charge in [-0.2, -0.15) is 0 Å². The number of amides is 2. The molecule has 6 heteroatoms. The molecule has 1 aliphatic rings. The number of aryl methyl sites for hydroxylation is 1. The van der Waals surface area contributed by atoms with Gasteiger partial charge in [-0.3, -0.25) is 14.6 Å². The second-order valence-electron chi connectivity index (χ2n) is 7.33. The number of nitrogens with zero attached hydrogens (tertiary/aromatic N) is 2. The number of pyridine rings is 1. The van der Waals surface area contributed by atoms with Gasteiger partial charge in [-0.05, 0) is 49.1 Å². The SMILES string of the molecule is CC(=O)N1C[C@H](C(=O)NCCc2ccccn2)CC[C@@H]1c1ccc(F)c(C)c1. The molecule has 1 saturated heterocycles. The molecule has 28 heavy (non-hydrogen) atoms. The second-order valence-corrected chi connectivity index (χ2v) is 7.33. The zero-order chi connectivity index (χ0) is 20.1. The van der Waals surface area contributed by atoms with E-state index in [-0.39, 0.29) is 29.6 Å². The Balaban J connectivity index is 1.60. The molecule has 1 aliphatic heterocycles. The molecule has 5 nitrogen and oxygen atoms in total. The minimum atomic E-state index is -0.251. The van der Waals surface area contributed by atoms with E-state index in [2.05, 4.69) is 10.3 Å². The van der Waals surface area contributed by atoms with E-state index in [1.54, 1.807) is 30.2 Å². The lowest BCUT2D eigenvalue weighted by atomic mass is 9.88. The van der Waals surface area contributed by atoms with E-state index < -0.39 is 0 Å². The third-order valence-corrected chi connectivity index (χ3v) is 5.33. The average Bonchev–Trinajstić information content (AvgIpc) is 2.70. The van der Waals surface area contributed by atoms with E-state index >= 15 is 0 Å². The van der Waals surface area contributed by atoms with Gasteiger partial charge in [-0.25, -0.2) is 4.39 Å². The summed E-state index contributed by atoms with van der Waals surface area (Å²) >= 11 is 0. The highest BCUT2D eigenvalue weighted by Crippen LogP contribution is 2.34. The molecule has 0 saturated carbocycles. The number of nitrogens with one attached hydrogen (secondary N) is 1. The van der Waals surface area contributed by atoms with Gasteiger partial charge in [-0.1, -0.05) is 18.2 Å². The number of piperidine rings is 1. The quantitative estimate of drug-likeness (QED) is 0.863. The van der Waals surface area contributed by atoms with Crippen molar-refractivity contribution in [3.63, 3.8) is 0 Å². The normalized spacial score (nSPS) is 19.3. The van der Waals surface area contributed by atoms with Crippen molar-refractivity contribution in [2.75, 3.05) is 13.1 Å². The summed E-state index contributed by atoms with van der Waals surface area (Å²) in [5, 5.41) is 2.97. The van der Waals surface area contributed by atoms with Crippen LogP contribution in [-0.2, 0) is 16.0 Å². The van der Waals surface area contributed by atoms with Gasteiger partial charge >= 0.3 is 0 Å². The van der Waals surface area contributed by atoms with Gasteiger partial charge in [0, 0.05) is 38.3 Å². The average molecular weight is 383 g/mol. The maximum absolute atomic E-state index is 13.6. The summed E-state index contributed by atoms with van der Waals surface area (Å²) in [7, 11) is 0. The molecule has 2 amide bonds. The van der Waals surface area contributed by atoms with Gasteiger partial charge in [0.05, 0.1) is 12.0 Å². The summed E-state index contributed by atoms with van der Waals surface area (Å²) in [5.74, 6) is -0.585. The molecule has 2 aromatic rings. The van der Waals surface area contributed by atoms with Gasteiger partial charge in [-0.15, -0.1) is 0 Å². The minimum Gasteiger partial charge on any atom is -0.355 e. The molecular weight excluding hydrogens is 357 g/mol. The number of hydrogen-bond donors (Lipinski definition) is 1. The molecule has 0 unspecified atom stereocenters. The number of benzene rings is 1. The summed E-state index contributed by atoms with van der Waals surface area (Å²) in [5.41, 5.74) is 2.42. The lowest BCUT2D eigenvalue weighted by Gasteiger charge is -2.39. The Morgan fingerprint density at radius 2 is 2.07 bits per heavy atom. The topological polar surface area (TPSA) is 62.3 Å². The first-order valence-corrected chi connectivity index (χ1v) is 9.66. The van der Waals surface area contributed by atoms with Crippen LogP contribution in [0.25, 0.3) is 0 Å². The number of aromatic nitrogens is 1. The van der Waals surface area contributed by atoms with Gasteiger partial charge in [0.2, 0.25) is 11.8 Å². The van der Waals surface area contributed by atoms with E-state index in [0.29, 0.717) is 37.9 Å². The zero-order valence-electron chi connectivity index (χ0n) is 16.3. The highest BCUT2D eigenvalue weighted by atomic mass is 19.1. The second kappa shape index (κ2) is 8.95. The summed E-state index contributed by atoms with van der Waals surface area (Å²) in [6, 6.07) is 10.6. The lowest BCUT2D eigenvalue weighted by Crippen LogP contribution is -2.46. The van der Waals surface area contributed by atoms with Crippen molar-refractivity contribution in [3.8, 4) is 0 Å². The first-order valence-electron chi connectivity index (χ1n) is 9.66. The highest BCUT2D eigenvalue weighted by molar-refractivity contribution is 5.81. The van der Waals surface area contributed by atoms with Gasteiger partial charge in [0.15, 0.2) is 0 Å². The minimum absolute atomic E-state index is 0.0316. The third-order valence-electron chi connectivity index (χ3n) is 5.33. The predicted octanol–water partition coefficient (Wildman–Crippen LogP) is 3.19. The van der Waals surface area contributed by atoms with Crippen LogP contribution in [0.4, 0.5) is 4.39 Å². The predicted molar refractivity (Wildman–Crippen MR) is 105 cm³/mol. The lowest BCUT2D eigenvalue weighted by molar-refractivity contribution is -0.137. The number of carbonyl (C=O) groups is 2. The summed E-state index contributed by atoms with van der Waals surface area (Å²) in [4.78, 5) is 30.8. The molecule has 0 bridgehead atoms. The van der Waals surface area contributed by atoms with Crippen molar-refractivity contribution < 1.29 is 14.0 Å². The van der Waals surface area contributed by atoms with Crippen LogP contribution in [0.3, 0.4) is 0 Å². The van der Waals surface area contributed by atoms with Gasteiger partial charge in [0.25, 0.3) is 0 Å². The number of rotatable bonds is 5. The molecule has 1 aromatic carbocycles. The Morgan fingerprint density at radius 1 is 1.25 bits per heavy atom. The molecular formula is C22H26FN3O2. The fraction of sp³-hybridized carbons (Fsp3) is 0.409. The molecule has 0 spiro atoms. The molecule has 148 valence electrons. The van der Waals surface area contributed by atoms with Crippen molar-refractivity contribution in [2.45, 2.75) is 39.2 Å². The van der Waals surface area contributed by atoms with Gasteiger partial charge in [0.1, 0.15) is 5.82 Å². The molecule has 0 aliphatic carbocycles. The number of hydrogen-bond acceptors (Lipinski definition) is 3. The first-order chi connectivity index (χ1) is 13.5. The summed E-state index contributed by atoms with van der Waals surface area (Å²) in [6.45, 7) is 4.14. The molecule has 1 N–H and O–H groups in total. The Morgan fingerprint density at radius 3 is 2.75 bits per heavy atom. The van der Waals surface area contributed by atoms with Crippen LogP contribution in [-0.4, -0.2) is 34.8 Å². The first kappa shape index (κ1) is 20.0. The molecule has 2 atom stereocenters. The van der Waals surface area contributed by atoms with Crippen molar-refractivity contribution in [1.82, 2.24) is 15.2 Å². The fourth-order valence-electron chi connectivity index (χ4n) is 3.76. The monoisotopic (exact) mass is 383 g/mol. The van der Waals surface area contributed by atoms with E-state index in [1.807, 2.05) is 18.2 Å². The van der Waals surface area contributed by atoms with Crippen LogP contribution < -0.4 is 5.32 Å². The van der Waals surface area contributed by atoms with Crippen LogP contribution in [0.1, 0.15) is 42.6 Å². The van der Waals surface area contributed by atoms with Crippen LogP contribution in [0.2, 0.25) is 0 Å². The number of carbonyl (C=O) groups excluding carboxylic acids is 2. The molecule has 3 rings (SSSR count). The maximum Gasteiger partial charge on any atom is 0.224 e. The van der Waals surface area contributed by atoms with E-state index in [0.717, 1.165) is 11.3 Å². The zero-order valence-corrected chi connectivity index (χ0v) is 16.3. The van der Waals surface area contributed by atoms with Crippen molar-refractivity contribution >= 4 is 11.8 Å². The summed E-state index contributed by atoms with van der Waals surface area (Å²) < 4.78 is 13.6. The van der Waals surface area contributed by atoms with Crippen molar-refractivity contribution in [2.24, 2.45) is 5.92 Å². The Kier molecular flexibility index (Phi) is 6.39. The van der Waals surface area contributed by atoms with Crippen molar-refractivity contribution in [1.29, 1.82) is 0 Å². The van der Waals surface area contributed by atoms with E-state index in [4.69, 9.17) is 0 Å². The molecule has 0 radical (unpaired) electrons. The van der Waals surface area contributed by atoms with Crippen LogP contribution in [0.15, 0.2) is 42.6 Å². The molecule has 1 fully saturated rings. The van der Waals surface area contributed by atoms with Crippen molar-refractivity contribution in [3.05, 3.63) is 65.2 Å². The summed E-state index contributed by atoms with van der Waals surface area (Å²) in [6.07, 6.45) is 3.79. The Labute approximate surface area is 165 Å². The van der Waals surface area contributed by atoms with E-state index in [1.165, 1.54) is 13.0 Å². The van der Waals surface area contributed by atoms with Crippen LogP contribution >= 0.6 is 0 Å². The molecule has 2 heterocycles. The maximum atomic E-state index is 13.6.